The highest BCUT2D eigenvalue weighted by atomic mass is 16.6. The second-order valence-corrected chi connectivity index (χ2v) is 4.96. The molecule has 120 valence electrons. The fourth-order valence-electron chi connectivity index (χ4n) is 2.30. The van der Waals surface area contributed by atoms with Crippen molar-refractivity contribution in [2.75, 3.05) is 0 Å². The van der Waals surface area contributed by atoms with E-state index < -0.39 is 21.9 Å². The molecule has 1 aromatic rings. The third-order valence-corrected chi connectivity index (χ3v) is 3.47. The van der Waals surface area contributed by atoms with Gasteiger partial charge in [-0.1, -0.05) is 19.8 Å². The Morgan fingerprint density at radius 2 is 1.82 bits per heavy atom. The van der Waals surface area contributed by atoms with Crippen molar-refractivity contribution in [3.8, 4) is 0 Å². The summed E-state index contributed by atoms with van der Waals surface area (Å²) in [6.07, 6.45) is 3.25. The fraction of sp³-hybridized carbons (Fsp3) is 0.500. The van der Waals surface area contributed by atoms with Gasteiger partial charge in [-0.3, -0.25) is 25.0 Å². The Hall–Kier alpha value is -2.51. The number of nitrogens with one attached hydrogen (secondary N) is 1. The van der Waals surface area contributed by atoms with Crippen LogP contribution in [-0.4, -0.2) is 22.3 Å². The molecule has 0 spiro atoms. The third-order valence-electron chi connectivity index (χ3n) is 3.47. The molecule has 22 heavy (non-hydrogen) atoms. The van der Waals surface area contributed by atoms with E-state index in [4.69, 9.17) is 0 Å². The summed E-state index contributed by atoms with van der Waals surface area (Å²) >= 11 is 0. The topological polar surface area (TPSA) is 115 Å². The number of amides is 1. The Balaban J connectivity index is 2.99. The first kappa shape index (κ1) is 17.5. The van der Waals surface area contributed by atoms with Crippen LogP contribution < -0.4 is 5.32 Å². The van der Waals surface area contributed by atoms with Gasteiger partial charge in [0.2, 0.25) is 12.5 Å². The summed E-state index contributed by atoms with van der Waals surface area (Å²) in [5.41, 5.74) is 0.383. The number of rotatable bonds is 10. The fourth-order valence-corrected chi connectivity index (χ4v) is 2.30. The molecule has 0 fully saturated rings. The van der Waals surface area contributed by atoms with Gasteiger partial charge in [0.25, 0.3) is 5.69 Å². The summed E-state index contributed by atoms with van der Waals surface area (Å²) in [6, 6.07) is 3.67. The van der Waals surface area contributed by atoms with Gasteiger partial charge in [0.15, 0.2) is 0 Å². The van der Waals surface area contributed by atoms with Crippen LogP contribution in [0.5, 0.6) is 0 Å². The predicted octanol–water partition coefficient (Wildman–Crippen LogP) is 2.61. The van der Waals surface area contributed by atoms with Crippen LogP contribution in [0.2, 0.25) is 0 Å². The molecule has 0 aromatic heterocycles. The van der Waals surface area contributed by atoms with Crippen molar-refractivity contribution in [3.63, 3.8) is 0 Å². The summed E-state index contributed by atoms with van der Waals surface area (Å²) in [5, 5.41) is 24.4. The van der Waals surface area contributed by atoms with Gasteiger partial charge >= 0.3 is 0 Å². The molecule has 8 nitrogen and oxygen atoms in total. The van der Waals surface area contributed by atoms with Crippen molar-refractivity contribution in [3.05, 3.63) is 50.1 Å². The number of benzene rings is 1. The highest BCUT2D eigenvalue weighted by Crippen LogP contribution is 2.24. The minimum atomic E-state index is -0.960. The number of non-ortho nitro benzene ring substituents is 1. The predicted molar refractivity (Wildman–Crippen MR) is 80.0 cm³/mol. The molecule has 0 unspecified atom stereocenters. The minimum absolute atomic E-state index is 0.0998. The van der Waals surface area contributed by atoms with Crippen LogP contribution in [0.3, 0.4) is 0 Å². The summed E-state index contributed by atoms with van der Waals surface area (Å²) < 4.78 is 0. The molecule has 0 aliphatic rings. The molecule has 0 aliphatic carbocycles. The molecule has 0 bridgehead atoms. The number of carbonyl (C=O) groups excluding carboxylic acids is 1. The molecule has 1 aromatic carbocycles. The monoisotopic (exact) mass is 309 g/mol. The lowest BCUT2D eigenvalue weighted by Crippen LogP contribution is -2.36. The molecule has 0 heterocycles. The first-order chi connectivity index (χ1) is 10.5. The van der Waals surface area contributed by atoms with E-state index in [-0.39, 0.29) is 5.69 Å². The van der Waals surface area contributed by atoms with Gasteiger partial charge in [-0.25, -0.2) is 0 Å². The molecular weight excluding hydrogens is 290 g/mol. The number of nitro benzene ring substituents is 1. The molecule has 0 radical (unpaired) electrons. The van der Waals surface area contributed by atoms with Crippen LogP contribution in [0.25, 0.3) is 0 Å². The molecule has 1 rings (SSSR count). The Bertz CT molecular complexity index is 518. The van der Waals surface area contributed by atoms with E-state index in [0.717, 1.165) is 12.8 Å². The molecule has 1 amide bonds. The van der Waals surface area contributed by atoms with E-state index in [1.165, 1.54) is 24.3 Å². The number of nitrogens with zero attached hydrogens (tertiary/aromatic N) is 2. The van der Waals surface area contributed by atoms with E-state index >= 15 is 0 Å². The number of hydrogen-bond acceptors (Lipinski definition) is 5. The maximum absolute atomic E-state index is 11.3. The molecule has 0 saturated heterocycles. The lowest BCUT2D eigenvalue weighted by Gasteiger charge is -2.20. The van der Waals surface area contributed by atoms with Crippen molar-refractivity contribution in [2.24, 2.45) is 0 Å². The van der Waals surface area contributed by atoms with Crippen molar-refractivity contribution in [1.29, 1.82) is 0 Å². The molecule has 2 atom stereocenters. The van der Waals surface area contributed by atoms with Gasteiger partial charge in [0, 0.05) is 23.5 Å². The molecule has 0 saturated carbocycles. The lowest BCUT2D eigenvalue weighted by molar-refractivity contribution is -0.528. The average Bonchev–Trinajstić information content (AvgIpc) is 2.50. The maximum Gasteiger partial charge on any atom is 0.269 e. The Kier molecular flexibility index (Phi) is 6.94. The number of nitro groups is 2. The highest BCUT2D eigenvalue weighted by Gasteiger charge is 2.32. The summed E-state index contributed by atoms with van der Waals surface area (Å²) in [4.78, 5) is 31.8. The van der Waals surface area contributed by atoms with Gasteiger partial charge in [0.1, 0.15) is 6.04 Å². The Labute approximate surface area is 127 Å². The molecule has 8 heteroatoms. The SMILES string of the molecule is CCCCC[C@@H]([C@H](NC=O)c1ccc([N+](=O)[O-])cc1)[N+](=O)[O-]. The normalized spacial score (nSPS) is 13.1. The first-order valence-corrected chi connectivity index (χ1v) is 7.08. The first-order valence-electron chi connectivity index (χ1n) is 7.08. The van der Waals surface area contributed by atoms with Gasteiger partial charge in [-0.15, -0.1) is 0 Å². The zero-order valence-electron chi connectivity index (χ0n) is 12.3. The third kappa shape index (κ3) is 4.80. The summed E-state index contributed by atoms with van der Waals surface area (Å²) in [5.74, 6) is 0. The Morgan fingerprint density at radius 3 is 2.27 bits per heavy atom. The van der Waals surface area contributed by atoms with Crippen LogP contribution in [0.1, 0.15) is 44.2 Å². The minimum Gasteiger partial charge on any atom is -0.345 e. The van der Waals surface area contributed by atoms with E-state index in [1.807, 2.05) is 6.92 Å². The van der Waals surface area contributed by atoms with Gasteiger partial charge in [-0.2, -0.15) is 0 Å². The van der Waals surface area contributed by atoms with Gasteiger partial charge in [-0.05, 0) is 24.1 Å². The maximum atomic E-state index is 11.3. The Morgan fingerprint density at radius 1 is 1.18 bits per heavy atom. The zero-order chi connectivity index (χ0) is 16.5. The van der Waals surface area contributed by atoms with Crippen LogP contribution in [0, 0.1) is 20.2 Å². The highest BCUT2D eigenvalue weighted by molar-refractivity contribution is 5.48. The molecule has 0 aliphatic heterocycles. The van der Waals surface area contributed by atoms with Crippen LogP contribution in [-0.2, 0) is 4.79 Å². The molecular formula is C14H19N3O5. The van der Waals surface area contributed by atoms with E-state index in [1.54, 1.807) is 0 Å². The van der Waals surface area contributed by atoms with Crippen LogP contribution in [0.15, 0.2) is 24.3 Å². The van der Waals surface area contributed by atoms with Crippen molar-refractivity contribution in [2.45, 2.75) is 44.7 Å². The van der Waals surface area contributed by atoms with Crippen molar-refractivity contribution >= 4 is 12.1 Å². The summed E-state index contributed by atoms with van der Waals surface area (Å²) in [6.45, 7) is 2.00. The van der Waals surface area contributed by atoms with Crippen molar-refractivity contribution < 1.29 is 14.6 Å². The smallest absolute Gasteiger partial charge is 0.269 e. The zero-order valence-corrected chi connectivity index (χ0v) is 12.3. The second-order valence-electron chi connectivity index (χ2n) is 4.96. The van der Waals surface area contributed by atoms with Gasteiger partial charge in [0.05, 0.1) is 4.92 Å². The van der Waals surface area contributed by atoms with Crippen LogP contribution >= 0.6 is 0 Å². The summed E-state index contributed by atoms with van der Waals surface area (Å²) in [7, 11) is 0. The van der Waals surface area contributed by atoms with E-state index in [0.29, 0.717) is 24.8 Å². The average molecular weight is 309 g/mol. The van der Waals surface area contributed by atoms with E-state index in [2.05, 4.69) is 5.32 Å². The van der Waals surface area contributed by atoms with E-state index in [9.17, 15) is 25.0 Å². The lowest BCUT2D eigenvalue weighted by atomic mass is 9.95. The second kappa shape index (κ2) is 8.71. The number of hydrogen-bond donors (Lipinski definition) is 1. The standard InChI is InChI=1S/C14H19N3O5/c1-2-3-4-5-13(17(21)22)14(15-10-18)11-6-8-12(9-7-11)16(19)20/h6-10,13-14H,2-5H2,1H3,(H,15,18)/t13-,14+/m0/s1. The number of unbranched alkanes of at least 4 members (excludes halogenated alkanes) is 2. The van der Waals surface area contributed by atoms with Crippen molar-refractivity contribution in [1.82, 2.24) is 5.32 Å². The van der Waals surface area contributed by atoms with Crippen LogP contribution in [0.4, 0.5) is 5.69 Å². The molecule has 1 N–H and O–H groups in total. The largest absolute Gasteiger partial charge is 0.345 e. The quantitative estimate of drug-likeness (QED) is 0.308. The van der Waals surface area contributed by atoms with Gasteiger partial charge < -0.3 is 5.32 Å². The number of carbonyl (C=O) groups is 1.